The molecule has 0 saturated carbocycles. The molecule has 4 heteroatoms. The standard InChI is InChI=1S/C16H12ClNO2/c17-10-5-6-13-12(9-10)16-11(3-1-8-20-16)15(18-13)14-4-2-7-19-14/h2,4-7,9H,1,3,8H2. The van der Waals surface area contributed by atoms with Crippen molar-refractivity contribution in [3.8, 4) is 17.2 Å². The van der Waals surface area contributed by atoms with Crippen molar-refractivity contribution in [1.29, 1.82) is 0 Å². The van der Waals surface area contributed by atoms with Gasteiger partial charge in [0.05, 0.1) is 18.4 Å². The number of pyridine rings is 1. The van der Waals surface area contributed by atoms with E-state index < -0.39 is 0 Å². The Morgan fingerprint density at radius 3 is 3.00 bits per heavy atom. The Kier molecular flexibility index (Phi) is 2.67. The molecule has 2 aromatic heterocycles. The van der Waals surface area contributed by atoms with Crippen molar-refractivity contribution < 1.29 is 9.15 Å². The molecule has 1 aliphatic heterocycles. The molecule has 0 atom stereocenters. The highest BCUT2D eigenvalue weighted by Crippen LogP contribution is 2.39. The van der Waals surface area contributed by atoms with Crippen LogP contribution in [0.1, 0.15) is 12.0 Å². The Morgan fingerprint density at radius 1 is 1.20 bits per heavy atom. The zero-order valence-electron chi connectivity index (χ0n) is 10.7. The molecule has 0 bridgehead atoms. The van der Waals surface area contributed by atoms with E-state index in [9.17, 15) is 0 Å². The van der Waals surface area contributed by atoms with E-state index in [1.807, 2.05) is 30.3 Å². The molecule has 0 N–H and O–H groups in total. The average molecular weight is 286 g/mol. The summed E-state index contributed by atoms with van der Waals surface area (Å²) >= 11 is 6.10. The molecule has 100 valence electrons. The third kappa shape index (κ3) is 1.78. The highest BCUT2D eigenvalue weighted by Gasteiger charge is 2.21. The van der Waals surface area contributed by atoms with Crippen LogP contribution in [0.4, 0.5) is 0 Å². The number of benzene rings is 1. The molecule has 1 aliphatic rings. The van der Waals surface area contributed by atoms with Crippen LogP contribution in [0.3, 0.4) is 0 Å². The normalized spacial score (nSPS) is 14.1. The van der Waals surface area contributed by atoms with E-state index >= 15 is 0 Å². The first kappa shape index (κ1) is 11.8. The van der Waals surface area contributed by atoms with E-state index in [1.165, 1.54) is 0 Å². The minimum absolute atomic E-state index is 0.696. The van der Waals surface area contributed by atoms with Crippen LogP contribution in [-0.2, 0) is 6.42 Å². The van der Waals surface area contributed by atoms with Gasteiger partial charge in [-0.25, -0.2) is 4.98 Å². The fourth-order valence-corrected chi connectivity index (χ4v) is 2.85. The van der Waals surface area contributed by atoms with Gasteiger partial charge >= 0.3 is 0 Å². The van der Waals surface area contributed by atoms with Crippen LogP contribution in [0.5, 0.6) is 5.75 Å². The maximum absolute atomic E-state index is 6.10. The Morgan fingerprint density at radius 2 is 2.15 bits per heavy atom. The van der Waals surface area contributed by atoms with Gasteiger partial charge in [-0.15, -0.1) is 0 Å². The highest BCUT2D eigenvalue weighted by molar-refractivity contribution is 6.31. The van der Waals surface area contributed by atoms with Crippen molar-refractivity contribution in [2.45, 2.75) is 12.8 Å². The first-order valence-corrected chi connectivity index (χ1v) is 6.99. The second-order valence-electron chi connectivity index (χ2n) is 4.86. The van der Waals surface area contributed by atoms with Crippen molar-refractivity contribution >= 4 is 22.5 Å². The van der Waals surface area contributed by atoms with Crippen molar-refractivity contribution in [2.24, 2.45) is 0 Å². The van der Waals surface area contributed by atoms with Gasteiger partial charge < -0.3 is 9.15 Å². The molecule has 3 heterocycles. The van der Waals surface area contributed by atoms with Gasteiger partial charge in [0.1, 0.15) is 11.4 Å². The Hall–Kier alpha value is -2.00. The lowest BCUT2D eigenvalue weighted by molar-refractivity contribution is 0.292. The highest BCUT2D eigenvalue weighted by atomic mass is 35.5. The van der Waals surface area contributed by atoms with Crippen LogP contribution in [0.15, 0.2) is 41.0 Å². The van der Waals surface area contributed by atoms with E-state index in [0.29, 0.717) is 5.02 Å². The van der Waals surface area contributed by atoms with E-state index in [2.05, 4.69) is 0 Å². The molecule has 4 rings (SSSR count). The van der Waals surface area contributed by atoms with Crippen molar-refractivity contribution in [3.05, 3.63) is 47.2 Å². The van der Waals surface area contributed by atoms with E-state index in [0.717, 1.165) is 53.1 Å². The van der Waals surface area contributed by atoms with Crippen LogP contribution >= 0.6 is 11.6 Å². The van der Waals surface area contributed by atoms with Crippen molar-refractivity contribution in [2.75, 3.05) is 6.61 Å². The summed E-state index contributed by atoms with van der Waals surface area (Å²) < 4.78 is 11.4. The molecule has 0 spiro atoms. The number of rotatable bonds is 1. The summed E-state index contributed by atoms with van der Waals surface area (Å²) in [5.41, 5.74) is 2.86. The first-order chi connectivity index (χ1) is 9.83. The first-order valence-electron chi connectivity index (χ1n) is 6.62. The fourth-order valence-electron chi connectivity index (χ4n) is 2.68. The number of hydrogen-bond acceptors (Lipinski definition) is 3. The van der Waals surface area contributed by atoms with Gasteiger partial charge in [-0.1, -0.05) is 11.6 Å². The van der Waals surface area contributed by atoms with Crippen molar-refractivity contribution in [1.82, 2.24) is 4.98 Å². The van der Waals surface area contributed by atoms with Crippen LogP contribution in [0.25, 0.3) is 22.4 Å². The molecular weight excluding hydrogens is 274 g/mol. The molecular formula is C16H12ClNO2. The molecule has 0 radical (unpaired) electrons. The second-order valence-corrected chi connectivity index (χ2v) is 5.30. The van der Waals surface area contributed by atoms with Gasteiger partial charge in [0, 0.05) is 16.0 Å². The summed E-state index contributed by atoms with van der Waals surface area (Å²) in [7, 11) is 0. The number of hydrogen-bond donors (Lipinski definition) is 0. The summed E-state index contributed by atoms with van der Waals surface area (Å²) in [5.74, 6) is 1.68. The van der Waals surface area contributed by atoms with Gasteiger partial charge in [0.15, 0.2) is 5.76 Å². The van der Waals surface area contributed by atoms with E-state index in [4.69, 9.17) is 25.7 Å². The predicted octanol–water partition coefficient (Wildman–Crippen LogP) is 4.47. The lowest BCUT2D eigenvalue weighted by atomic mass is 10.00. The van der Waals surface area contributed by atoms with Crippen LogP contribution in [0, 0.1) is 0 Å². The van der Waals surface area contributed by atoms with Gasteiger partial charge in [-0.2, -0.15) is 0 Å². The molecule has 3 nitrogen and oxygen atoms in total. The molecule has 0 saturated heterocycles. The number of halogens is 1. The van der Waals surface area contributed by atoms with Gasteiger partial charge in [0.25, 0.3) is 0 Å². The smallest absolute Gasteiger partial charge is 0.152 e. The van der Waals surface area contributed by atoms with Gasteiger partial charge in [-0.05, 0) is 43.2 Å². The Balaban J connectivity index is 2.08. The molecule has 0 unspecified atom stereocenters. The minimum atomic E-state index is 0.696. The number of ether oxygens (including phenoxy) is 1. The monoisotopic (exact) mass is 285 g/mol. The van der Waals surface area contributed by atoms with Crippen LogP contribution in [0.2, 0.25) is 5.02 Å². The minimum Gasteiger partial charge on any atom is -0.492 e. The maximum Gasteiger partial charge on any atom is 0.152 e. The molecule has 3 aromatic rings. The zero-order valence-corrected chi connectivity index (χ0v) is 11.5. The lowest BCUT2D eigenvalue weighted by Gasteiger charge is -2.21. The summed E-state index contributed by atoms with van der Waals surface area (Å²) in [5, 5.41) is 1.67. The van der Waals surface area contributed by atoms with E-state index in [-0.39, 0.29) is 0 Å². The van der Waals surface area contributed by atoms with Gasteiger partial charge in [-0.3, -0.25) is 0 Å². The Labute approximate surface area is 121 Å². The topological polar surface area (TPSA) is 35.3 Å². The average Bonchev–Trinajstić information content (AvgIpc) is 3.01. The third-order valence-corrected chi connectivity index (χ3v) is 3.80. The number of nitrogens with zero attached hydrogens (tertiary/aromatic N) is 1. The summed E-state index contributed by atoms with van der Waals surface area (Å²) in [6, 6.07) is 9.48. The number of furan rings is 1. The quantitative estimate of drug-likeness (QED) is 0.661. The number of fused-ring (bicyclic) bond motifs is 3. The summed E-state index contributed by atoms with van der Waals surface area (Å²) in [4.78, 5) is 4.74. The largest absolute Gasteiger partial charge is 0.492 e. The Bertz CT molecular complexity index is 781. The lowest BCUT2D eigenvalue weighted by Crippen LogP contribution is -2.11. The molecule has 0 fully saturated rings. The van der Waals surface area contributed by atoms with Crippen LogP contribution in [-0.4, -0.2) is 11.6 Å². The molecule has 0 aliphatic carbocycles. The van der Waals surface area contributed by atoms with Crippen LogP contribution < -0.4 is 4.74 Å². The molecule has 1 aromatic carbocycles. The third-order valence-electron chi connectivity index (χ3n) is 3.57. The van der Waals surface area contributed by atoms with Crippen molar-refractivity contribution in [3.63, 3.8) is 0 Å². The fraction of sp³-hybridized carbons (Fsp3) is 0.188. The predicted molar refractivity (Wildman–Crippen MR) is 78.3 cm³/mol. The second kappa shape index (κ2) is 4.53. The number of aromatic nitrogens is 1. The summed E-state index contributed by atoms with van der Waals surface area (Å²) in [6.45, 7) is 0.732. The zero-order chi connectivity index (χ0) is 13.5. The van der Waals surface area contributed by atoms with Gasteiger partial charge in [0.2, 0.25) is 0 Å². The van der Waals surface area contributed by atoms with E-state index in [1.54, 1.807) is 6.26 Å². The SMILES string of the molecule is Clc1ccc2nc(-c3ccco3)c3c(c2c1)OCCC3. The molecule has 0 amide bonds. The summed E-state index contributed by atoms with van der Waals surface area (Å²) in [6.07, 6.45) is 3.61. The maximum atomic E-state index is 6.10. The molecule has 20 heavy (non-hydrogen) atoms.